The summed E-state index contributed by atoms with van der Waals surface area (Å²) in [5.74, 6) is -0.775. The second-order valence-electron chi connectivity index (χ2n) is 4.68. The number of nitrogens with zero attached hydrogens (tertiary/aromatic N) is 3. The van der Waals surface area contributed by atoms with Crippen molar-refractivity contribution in [3.8, 4) is 6.07 Å². The molecule has 1 rings (SSSR count). The minimum absolute atomic E-state index is 0.168. The monoisotopic (exact) mass is 261 g/mol. The highest BCUT2D eigenvalue weighted by Gasteiger charge is 2.13. The fraction of sp³-hybridized carbons (Fsp3) is 0.500. The zero-order chi connectivity index (χ0) is 14.3. The summed E-state index contributed by atoms with van der Waals surface area (Å²) in [5.41, 5.74) is 1.32. The third-order valence-electron chi connectivity index (χ3n) is 2.94. The summed E-state index contributed by atoms with van der Waals surface area (Å²) in [7, 11) is 0. The highest BCUT2D eigenvalue weighted by molar-refractivity contribution is 5.66. The van der Waals surface area contributed by atoms with E-state index in [2.05, 4.69) is 29.8 Å². The first-order chi connectivity index (χ1) is 9.04. The fourth-order valence-electron chi connectivity index (χ4n) is 1.84. The van der Waals surface area contributed by atoms with Gasteiger partial charge in [-0.3, -0.25) is 9.69 Å². The molecule has 0 fully saturated rings. The molecule has 1 aromatic heterocycles. The summed E-state index contributed by atoms with van der Waals surface area (Å²) in [6, 6.07) is 6.07. The van der Waals surface area contributed by atoms with Gasteiger partial charge >= 0.3 is 5.97 Å². The third-order valence-corrected chi connectivity index (χ3v) is 2.94. The van der Waals surface area contributed by atoms with E-state index >= 15 is 0 Å². The Bertz CT molecular complexity index is 466. The molecule has 0 saturated heterocycles. The van der Waals surface area contributed by atoms with Crippen LogP contribution in [-0.2, 0) is 11.3 Å². The maximum Gasteiger partial charge on any atom is 0.303 e. The van der Waals surface area contributed by atoms with Crippen LogP contribution in [0.4, 0.5) is 0 Å². The van der Waals surface area contributed by atoms with Gasteiger partial charge in [0.2, 0.25) is 0 Å². The number of carbonyl (C=O) groups is 1. The molecular formula is C14H19N3O2. The van der Waals surface area contributed by atoms with Gasteiger partial charge in [-0.2, -0.15) is 5.26 Å². The fourth-order valence-corrected chi connectivity index (χ4v) is 1.84. The second-order valence-corrected chi connectivity index (χ2v) is 4.68. The predicted molar refractivity (Wildman–Crippen MR) is 71.4 cm³/mol. The van der Waals surface area contributed by atoms with E-state index < -0.39 is 5.97 Å². The molecule has 0 bridgehead atoms. The van der Waals surface area contributed by atoms with Gasteiger partial charge in [0.15, 0.2) is 0 Å². The van der Waals surface area contributed by atoms with Crippen LogP contribution in [0.15, 0.2) is 18.3 Å². The number of pyridine rings is 1. The second kappa shape index (κ2) is 7.49. The normalized spacial score (nSPS) is 10.7. The van der Waals surface area contributed by atoms with E-state index in [1.54, 1.807) is 6.20 Å². The van der Waals surface area contributed by atoms with Gasteiger partial charge in [0, 0.05) is 30.8 Å². The third kappa shape index (κ3) is 5.06. The summed E-state index contributed by atoms with van der Waals surface area (Å²) in [6.45, 7) is 5.43. The topological polar surface area (TPSA) is 77.2 Å². The van der Waals surface area contributed by atoms with Crippen molar-refractivity contribution in [2.45, 2.75) is 39.3 Å². The Morgan fingerprint density at radius 2 is 2.32 bits per heavy atom. The Morgan fingerprint density at radius 3 is 2.89 bits per heavy atom. The first-order valence-electron chi connectivity index (χ1n) is 6.34. The average Bonchev–Trinajstić information content (AvgIpc) is 2.37. The molecule has 0 aromatic carbocycles. The van der Waals surface area contributed by atoms with E-state index in [9.17, 15) is 4.79 Å². The quantitative estimate of drug-likeness (QED) is 0.812. The van der Waals surface area contributed by atoms with Gasteiger partial charge in [0.25, 0.3) is 0 Å². The van der Waals surface area contributed by atoms with Crippen LogP contribution in [0.5, 0.6) is 0 Å². The predicted octanol–water partition coefficient (Wildman–Crippen LogP) is 2.03. The number of rotatable bonds is 7. The maximum absolute atomic E-state index is 10.5. The van der Waals surface area contributed by atoms with Gasteiger partial charge in [-0.1, -0.05) is 6.07 Å². The summed E-state index contributed by atoms with van der Waals surface area (Å²) in [4.78, 5) is 16.7. The Kier molecular flexibility index (Phi) is 5.97. The van der Waals surface area contributed by atoms with Crippen LogP contribution in [0, 0.1) is 11.3 Å². The number of hydrogen-bond acceptors (Lipinski definition) is 4. The van der Waals surface area contributed by atoms with Crippen LogP contribution >= 0.6 is 0 Å². The molecule has 1 aromatic rings. The molecule has 0 aliphatic heterocycles. The number of aromatic nitrogens is 1. The molecule has 0 aliphatic rings. The Labute approximate surface area is 113 Å². The molecule has 0 atom stereocenters. The Morgan fingerprint density at radius 1 is 1.58 bits per heavy atom. The SMILES string of the molecule is CC(C)N(CCCC(=O)O)Cc1cccnc1C#N. The van der Waals surface area contributed by atoms with Crippen molar-refractivity contribution >= 4 is 5.97 Å². The van der Waals surface area contributed by atoms with Crippen molar-refractivity contribution in [3.05, 3.63) is 29.6 Å². The first kappa shape index (κ1) is 15.1. The molecule has 5 heteroatoms. The number of hydrogen-bond donors (Lipinski definition) is 1. The van der Waals surface area contributed by atoms with E-state index in [1.165, 1.54) is 0 Å². The van der Waals surface area contributed by atoms with E-state index in [1.807, 2.05) is 12.1 Å². The van der Waals surface area contributed by atoms with Crippen molar-refractivity contribution in [2.24, 2.45) is 0 Å². The molecule has 19 heavy (non-hydrogen) atoms. The average molecular weight is 261 g/mol. The molecule has 0 saturated carbocycles. The zero-order valence-corrected chi connectivity index (χ0v) is 11.3. The van der Waals surface area contributed by atoms with Crippen LogP contribution in [0.1, 0.15) is 37.9 Å². The molecule has 1 heterocycles. The molecular weight excluding hydrogens is 242 g/mol. The lowest BCUT2D eigenvalue weighted by atomic mass is 10.1. The van der Waals surface area contributed by atoms with Crippen LogP contribution in [0.2, 0.25) is 0 Å². The summed E-state index contributed by atoms with van der Waals surface area (Å²) >= 11 is 0. The first-order valence-corrected chi connectivity index (χ1v) is 6.34. The van der Waals surface area contributed by atoms with Crippen molar-refractivity contribution in [1.29, 1.82) is 5.26 Å². The summed E-state index contributed by atoms with van der Waals surface area (Å²) in [6.07, 6.45) is 2.38. The molecule has 0 aliphatic carbocycles. The van der Waals surface area contributed by atoms with Gasteiger partial charge in [0.05, 0.1) is 0 Å². The lowest BCUT2D eigenvalue weighted by molar-refractivity contribution is -0.137. The Balaban J connectivity index is 2.68. The molecule has 0 radical (unpaired) electrons. The lowest BCUT2D eigenvalue weighted by Crippen LogP contribution is -2.32. The smallest absolute Gasteiger partial charge is 0.303 e. The van der Waals surface area contributed by atoms with Crippen LogP contribution in [0.3, 0.4) is 0 Å². The largest absolute Gasteiger partial charge is 0.481 e. The number of carboxylic acid groups (broad SMARTS) is 1. The van der Waals surface area contributed by atoms with E-state index in [0.717, 1.165) is 5.56 Å². The summed E-state index contributed by atoms with van der Waals surface area (Å²) < 4.78 is 0. The van der Waals surface area contributed by atoms with E-state index in [0.29, 0.717) is 31.2 Å². The maximum atomic E-state index is 10.5. The molecule has 0 spiro atoms. The van der Waals surface area contributed by atoms with Crippen molar-refractivity contribution < 1.29 is 9.90 Å². The van der Waals surface area contributed by atoms with Crippen molar-refractivity contribution in [1.82, 2.24) is 9.88 Å². The van der Waals surface area contributed by atoms with Gasteiger partial charge in [-0.15, -0.1) is 0 Å². The minimum atomic E-state index is -0.775. The minimum Gasteiger partial charge on any atom is -0.481 e. The highest BCUT2D eigenvalue weighted by Crippen LogP contribution is 2.12. The molecule has 5 nitrogen and oxygen atoms in total. The molecule has 1 N–H and O–H groups in total. The van der Waals surface area contributed by atoms with Crippen molar-refractivity contribution in [3.63, 3.8) is 0 Å². The lowest BCUT2D eigenvalue weighted by Gasteiger charge is -2.26. The van der Waals surface area contributed by atoms with E-state index in [-0.39, 0.29) is 6.42 Å². The van der Waals surface area contributed by atoms with Gasteiger partial charge < -0.3 is 5.11 Å². The molecule has 102 valence electrons. The zero-order valence-electron chi connectivity index (χ0n) is 11.3. The van der Waals surface area contributed by atoms with E-state index in [4.69, 9.17) is 10.4 Å². The van der Waals surface area contributed by atoms with Crippen LogP contribution in [0.25, 0.3) is 0 Å². The molecule has 0 unspecified atom stereocenters. The van der Waals surface area contributed by atoms with Crippen LogP contribution in [-0.4, -0.2) is 33.5 Å². The van der Waals surface area contributed by atoms with Crippen molar-refractivity contribution in [2.75, 3.05) is 6.54 Å². The summed E-state index contributed by atoms with van der Waals surface area (Å²) in [5, 5.41) is 17.7. The van der Waals surface area contributed by atoms with Crippen LogP contribution < -0.4 is 0 Å². The van der Waals surface area contributed by atoms with Gasteiger partial charge in [0.1, 0.15) is 11.8 Å². The number of carboxylic acids is 1. The number of nitriles is 1. The standard InChI is InChI=1S/C14H19N3O2/c1-11(2)17(8-4-6-14(18)19)10-12-5-3-7-16-13(12)9-15/h3,5,7,11H,4,6,8,10H2,1-2H3,(H,18,19). The Hall–Kier alpha value is -1.93. The highest BCUT2D eigenvalue weighted by atomic mass is 16.4. The number of aliphatic carboxylic acids is 1. The van der Waals surface area contributed by atoms with Gasteiger partial charge in [-0.05, 0) is 32.9 Å². The van der Waals surface area contributed by atoms with Gasteiger partial charge in [-0.25, -0.2) is 4.98 Å². The molecule has 0 amide bonds.